The monoisotopic (exact) mass is 400 g/mol. The van der Waals surface area contributed by atoms with E-state index < -0.39 is 0 Å². The van der Waals surface area contributed by atoms with E-state index in [0.717, 1.165) is 17.7 Å². The second kappa shape index (κ2) is 7.37. The van der Waals surface area contributed by atoms with Gasteiger partial charge < -0.3 is 9.32 Å². The highest BCUT2D eigenvalue weighted by atomic mass is 35.5. The number of carbonyl (C=O) groups excluding carboxylic acids is 1. The predicted molar refractivity (Wildman–Crippen MR) is 107 cm³/mol. The van der Waals surface area contributed by atoms with Crippen molar-refractivity contribution in [2.75, 3.05) is 4.90 Å². The molecule has 1 aliphatic heterocycles. The second-order valence-electron chi connectivity index (χ2n) is 6.69. The highest BCUT2D eigenvalue weighted by molar-refractivity contribution is 6.36. The van der Waals surface area contributed by atoms with Gasteiger partial charge in [-0.1, -0.05) is 41.4 Å². The molecule has 0 fully saturated rings. The Kier molecular flexibility index (Phi) is 4.94. The molecule has 1 amide bonds. The first-order valence-electron chi connectivity index (χ1n) is 8.83. The molecular weight excluding hydrogens is 383 g/mol. The van der Waals surface area contributed by atoms with Crippen LogP contribution < -0.4 is 4.90 Å². The van der Waals surface area contributed by atoms with Gasteiger partial charge in [-0.05, 0) is 43.2 Å². The highest BCUT2D eigenvalue weighted by Gasteiger charge is 2.30. The summed E-state index contributed by atoms with van der Waals surface area (Å²) >= 11 is 12.1. The van der Waals surface area contributed by atoms with E-state index in [2.05, 4.69) is 18.0 Å². The Labute approximate surface area is 167 Å². The van der Waals surface area contributed by atoms with Gasteiger partial charge in [-0.3, -0.25) is 4.79 Å². The molecule has 1 aliphatic rings. The quantitative estimate of drug-likeness (QED) is 0.575. The first kappa shape index (κ1) is 18.1. The van der Waals surface area contributed by atoms with Crippen LogP contribution in [0.5, 0.6) is 0 Å². The molecule has 138 valence electrons. The van der Waals surface area contributed by atoms with Crippen LogP contribution in [0.1, 0.15) is 24.8 Å². The van der Waals surface area contributed by atoms with E-state index >= 15 is 0 Å². The molecule has 6 heteroatoms. The number of nitrogens with zero attached hydrogens (tertiary/aromatic N) is 2. The minimum absolute atomic E-state index is 0.0803. The smallest absolute Gasteiger partial charge is 0.227 e. The number of para-hydroxylation sites is 1. The van der Waals surface area contributed by atoms with Crippen molar-refractivity contribution < 1.29 is 9.21 Å². The van der Waals surface area contributed by atoms with Gasteiger partial charge in [0, 0.05) is 35.2 Å². The molecule has 4 rings (SSSR count). The third-order valence-electron chi connectivity index (χ3n) is 4.78. The molecule has 2 heterocycles. The van der Waals surface area contributed by atoms with E-state index in [4.69, 9.17) is 27.6 Å². The summed E-state index contributed by atoms with van der Waals surface area (Å²) in [5.74, 6) is 1.17. The molecule has 27 heavy (non-hydrogen) atoms. The minimum atomic E-state index is 0.0803. The zero-order valence-corrected chi connectivity index (χ0v) is 16.3. The summed E-state index contributed by atoms with van der Waals surface area (Å²) in [6, 6.07) is 13.4. The molecule has 0 radical (unpaired) electrons. The van der Waals surface area contributed by atoms with Gasteiger partial charge in [-0.15, -0.1) is 0 Å². The van der Waals surface area contributed by atoms with Gasteiger partial charge in [-0.2, -0.15) is 0 Å². The summed E-state index contributed by atoms with van der Waals surface area (Å²) < 4.78 is 5.79. The maximum absolute atomic E-state index is 12.8. The molecule has 3 aromatic rings. The normalized spacial score (nSPS) is 15.8. The van der Waals surface area contributed by atoms with Gasteiger partial charge in [0.25, 0.3) is 0 Å². The van der Waals surface area contributed by atoms with Gasteiger partial charge in [0.1, 0.15) is 0 Å². The molecule has 1 unspecified atom stereocenters. The van der Waals surface area contributed by atoms with Crippen LogP contribution >= 0.6 is 23.2 Å². The third kappa shape index (κ3) is 3.60. The lowest BCUT2D eigenvalue weighted by molar-refractivity contribution is -0.118. The molecule has 2 aromatic carbocycles. The molecule has 0 N–H and O–H groups in total. The zero-order chi connectivity index (χ0) is 19.0. The van der Waals surface area contributed by atoms with Gasteiger partial charge in [0.05, 0.1) is 11.2 Å². The summed E-state index contributed by atoms with van der Waals surface area (Å²) in [7, 11) is 0. The van der Waals surface area contributed by atoms with E-state index in [1.165, 1.54) is 5.56 Å². The number of rotatable bonds is 4. The van der Waals surface area contributed by atoms with E-state index in [-0.39, 0.29) is 11.9 Å². The van der Waals surface area contributed by atoms with Crippen molar-refractivity contribution in [1.82, 2.24) is 4.98 Å². The maximum atomic E-state index is 12.8. The lowest BCUT2D eigenvalue weighted by atomic mass is 10.1. The first-order valence-corrected chi connectivity index (χ1v) is 9.58. The van der Waals surface area contributed by atoms with Crippen molar-refractivity contribution in [1.29, 1.82) is 0 Å². The fourth-order valence-electron chi connectivity index (χ4n) is 3.52. The summed E-state index contributed by atoms with van der Waals surface area (Å²) in [6.45, 7) is 2.07. The molecule has 4 nitrogen and oxygen atoms in total. The fourth-order valence-corrected chi connectivity index (χ4v) is 4.02. The number of anilines is 1. The third-order valence-corrected chi connectivity index (χ3v) is 5.33. The molecule has 1 aromatic heterocycles. The number of hydrogen-bond donors (Lipinski definition) is 0. The Hall–Kier alpha value is -2.30. The average molecular weight is 401 g/mol. The van der Waals surface area contributed by atoms with Crippen molar-refractivity contribution in [2.45, 2.75) is 32.2 Å². The van der Waals surface area contributed by atoms with Crippen LogP contribution in [0.2, 0.25) is 10.0 Å². The van der Waals surface area contributed by atoms with Crippen LogP contribution in [0.3, 0.4) is 0 Å². The Balaban J connectivity index is 1.45. The Morgan fingerprint density at radius 3 is 2.89 bits per heavy atom. The molecule has 0 saturated carbocycles. The number of benzene rings is 2. The van der Waals surface area contributed by atoms with Crippen LogP contribution in [0.4, 0.5) is 5.69 Å². The second-order valence-corrected chi connectivity index (χ2v) is 7.53. The largest absolute Gasteiger partial charge is 0.441 e. The number of aryl methyl sites for hydroxylation is 1. The van der Waals surface area contributed by atoms with Crippen molar-refractivity contribution in [2.24, 2.45) is 0 Å². The van der Waals surface area contributed by atoms with Crippen LogP contribution in [0, 0.1) is 0 Å². The van der Waals surface area contributed by atoms with Crippen LogP contribution in [0.25, 0.3) is 11.3 Å². The van der Waals surface area contributed by atoms with E-state index in [0.29, 0.717) is 34.5 Å². The number of fused-ring (bicyclic) bond motifs is 1. The SMILES string of the molecule is CC1Cc2ccccc2N1C(=O)CCc1ncc(-c2ccc(Cl)cc2Cl)o1. The fraction of sp³-hybridized carbons (Fsp3) is 0.238. The number of oxazole rings is 1. The standard InChI is InChI=1S/C21H18Cl2N2O2/c1-13-10-14-4-2-3-5-18(14)25(13)21(26)9-8-20-24-12-19(27-20)16-7-6-15(22)11-17(16)23/h2-7,11-13H,8-10H2,1H3. The average Bonchev–Trinajstić information content (AvgIpc) is 3.23. The lowest BCUT2D eigenvalue weighted by Crippen LogP contribution is -2.35. The Bertz CT molecular complexity index is 999. The van der Waals surface area contributed by atoms with Gasteiger partial charge in [0.15, 0.2) is 11.7 Å². The highest BCUT2D eigenvalue weighted by Crippen LogP contribution is 2.33. The molecular formula is C21H18Cl2N2O2. The van der Waals surface area contributed by atoms with Crippen molar-refractivity contribution in [3.8, 4) is 11.3 Å². The van der Waals surface area contributed by atoms with Crippen molar-refractivity contribution in [3.63, 3.8) is 0 Å². The van der Waals surface area contributed by atoms with Gasteiger partial charge in [0.2, 0.25) is 5.91 Å². The van der Waals surface area contributed by atoms with E-state index in [1.54, 1.807) is 24.4 Å². The van der Waals surface area contributed by atoms with Crippen molar-refractivity contribution in [3.05, 3.63) is 70.2 Å². The maximum Gasteiger partial charge on any atom is 0.227 e. The van der Waals surface area contributed by atoms with Crippen LogP contribution in [-0.2, 0) is 17.6 Å². The molecule has 0 saturated heterocycles. The van der Waals surface area contributed by atoms with Crippen LogP contribution in [0.15, 0.2) is 53.1 Å². The number of hydrogen-bond acceptors (Lipinski definition) is 3. The summed E-state index contributed by atoms with van der Waals surface area (Å²) in [5, 5.41) is 1.07. The zero-order valence-electron chi connectivity index (χ0n) is 14.8. The van der Waals surface area contributed by atoms with Crippen LogP contribution in [-0.4, -0.2) is 16.9 Å². The van der Waals surface area contributed by atoms with Gasteiger partial charge in [-0.25, -0.2) is 4.98 Å². The molecule has 0 bridgehead atoms. The number of halogens is 2. The van der Waals surface area contributed by atoms with Crippen molar-refractivity contribution >= 4 is 34.8 Å². The number of amides is 1. The molecule has 0 aliphatic carbocycles. The topological polar surface area (TPSA) is 46.3 Å². The molecule has 0 spiro atoms. The summed E-state index contributed by atoms with van der Waals surface area (Å²) in [5.41, 5.74) is 2.96. The molecule has 1 atom stereocenters. The van der Waals surface area contributed by atoms with E-state index in [9.17, 15) is 4.79 Å². The Morgan fingerprint density at radius 1 is 1.26 bits per heavy atom. The summed E-state index contributed by atoms with van der Waals surface area (Å²) in [4.78, 5) is 19.0. The van der Waals surface area contributed by atoms with Gasteiger partial charge >= 0.3 is 0 Å². The lowest BCUT2D eigenvalue weighted by Gasteiger charge is -2.22. The Morgan fingerprint density at radius 2 is 2.07 bits per heavy atom. The number of aromatic nitrogens is 1. The van der Waals surface area contributed by atoms with E-state index in [1.807, 2.05) is 23.1 Å². The number of carbonyl (C=O) groups is 1. The summed E-state index contributed by atoms with van der Waals surface area (Å²) in [6.07, 6.45) is 3.30. The minimum Gasteiger partial charge on any atom is -0.441 e. The predicted octanol–water partition coefficient (Wildman–Crippen LogP) is 5.56. The first-order chi connectivity index (χ1) is 13.0.